The highest BCUT2D eigenvalue weighted by Gasteiger charge is 2.26. The molecule has 1 aromatic carbocycles. The van der Waals surface area contributed by atoms with E-state index in [0.717, 1.165) is 11.0 Å². The Morgan fingerprint density at radius 2 is 2.00 bits per heavy atom. The summed E-state index contributed by atoms with van der Waals surface area (Å²) < 4.78 is 17.6. The van der Waals surface area contributed by atoms with Gasteiger partial charge in [-0.05, 0) is 18.2 Å². The lowest BCUT2D eigenvalue weighted by molar-refractivity contribution is -0.158. The number of halogens is 1. The summed E-state index contributed by atoms with van der Waals surface area (Å²) in [6, 6.07) is 3.60. The Balaban J connectivity index is 1.90. The fourth-order valence-electron chi connectivity index (χ4n) is 1.84. The van der Waals surface area contributed by atoms with Gasteiger partial charge in [0.2, 0.25) is 5.91 Å². The van der Waals surface area contributed by atoms with Crippen molar-refractivity contribution in [2.24, 2.45) is 0 Å². The smallest absolute Gasteiger partial charge is 0.255 e. The molecular weight excluding hydrogens is 281 g/mol. The summed E-state index contributed by atoms with van der Waals surface area (Å²) in [4.78, 5) is 35.7. The number of rotatable bonds is 4. The summed E-state index contributed by atoms with van der Waals surface area (Å²) in [6.45, 7) is -0.371. The van der Waals surface area contributed by atoms with Crippen LogP contribution in [-0.2, 0) is 19.1 Å². The average Bonchev–Trinajstić information content (AvgIpc) is 2.41. The highest BCUT2D eigenvalue weighted by molar-refractivity contribution is 5.99. The Labute approximate surface area is 119 Å². The van der Waals surface area contributed by atoms with Crippen LogP contribution >= 0.6 is 0 Å². The monoisotopic (exact) mass is 295 g/mol. The molecule has 0 unspecified atom stereocenters. The van der Waals surface area contributed by atoms with Crippen molar-refractivity contribution in [3.8, 4) is 0 Å². The van der Waals surface area contributed by atoms with E-state index in [1.165, 1.54) is 12.1 Å². The maximum Gasteiger partial charge on any atom is 0.255 e. The molecule has 1 aromatic rings. The van der Waals surface area contributed by atoms with Crippen molar-refractivity contribution in [1.29, 1.82) is 0 Å². The zero-order valence-corrected chi connectivity index (χ0v) is 11.1. The molecule has 0 atom stereocenters. The molecule has 1 fully saturated rings. The van der Waals surface area contributed by atoms with Crippen LogP contribution in [0.5, 0.6) is 0 Å². The van der Waals surface area contributed by atoms with E-state index in [1.54, 1.807) is 0 Å². The number of ether oxygens (including phenoxy) is 1. The summed E-state index contributed by atoms with van der Waals surface area (Å²) >= 11 is 0. The molecule has 0 bridgehead atoms. The van der Waals surface area contributed by atoms with Gasteiger partial charge in [-0.25, -0.2) is 4.39 Å². The molecule has 0 saturated carbocycles. The van der Waals surface area contributed by atoms with Crippen molar-refractivity contribution in [1.82, 2.24) is 4.90 Å². The lowest BCUT2D eigenvalue weighted by Gasteiger charge is -2.24. The first kappa shape index (κ1) is 14.9. The van der Waals surface area contributed by atoms with E-state index < -0.39 is 23.5 Å². The molecule has 0 spiro atoms. The van der Waals surface area contributed by atoms with Gasteiger partial charge >= 0.3 is 0 Å². The number of anilines is 2. The average molecular weight is 295 g/mol. The second kappa shape index (κ2) is 6.31. The Kier molecular flexibility index (Phi) is 4.49. The number of nitrogens with one attached hydrogen (secondary N) is 1. The van der Waals surface area contributed by atoms with Gasteiger partial charge in [-0.1, -0.05) is 0 Å². The first-order valence-electron chi connectivity index (χ1n) is 6.23. The highest BCUT2D eigenvalue weighted by atomic mass is 19.1. The number of nitrogen functional groups attached to an aromatic ring is 1. The van der Waals surface area contributed by atoms with Gasteiger partial charge in [-0.2, -0.15) is 0 Å². The van der Waals surface area contributed by atoms with Gasteiger partial charge in [0, 0.05) is 13.0 Å². The van der Waals surface area contributed by atoms with Crippen molar-refractivity contribution in [2.45, 2.75) is 6.42 Å². The summed E-state index contributed by atoms with van der Waals surface area (Å²) in [6.07, 6.45) is -0.0751. The number of carbonyl (C=O) groups excluding carboxylic acids is 3. The van der Waals surface area contributed by atoms with Gasteiger partial charge in [0.15, 0.2) is 0 Å². The standard InChI is InChI=1S/C13H14FN3O4/c14-8-1-2-10(9(15)5-8)16-11(18)3-4-17-12(19)6-21-7-13(17)20/h1-2,5H,3-4,6-7,15H2,(H,16,18). The van der Waals surface area contributed by atoms with E-state index in [0.29, 0.717) is 0 Å². The van der Waals surface area contributed by atoms with E-state index >= 15 is 0 Å². The number of nitrogens with two attached hydrogens (primary N) is 1. The van der Waals surface area contributed by atoms with E-state index in [2.05, 4.69) is 5.32 Å². The first-order chi connectivity index (χ1) is 9.97. The van der Waals surface area contributed by atoms with Crippen LogP contribution in [0.3, 0.4) is 0 Å². The first-order valence-corrected chi connectivity index (χ1v) is 6.23. The minimum absolute atomic E-state index is 0.0338. The van der Waals surface area contributed by atoms with Crippen molar-refractivity contribution < 1.29 is 23.5 Å². The topological polar surface area (TPSA) is 102 Å². The van der Waals surface area contributed by atoms with Crippen LogP contribution in [-0.4, -0.2) is 42.4 Å². The molecule has 2 rings (SSSR count). The third kappa shape index (κ3) is 3.76. The molecule has 3 amide bonds. The Hall–Kier alpha value is -2.48. The minimum Gasteiger partial charge on any atom is -0.397 e. The second-order valence-electron chi connectivity index (χ2n) is 4.46. The normalized spacial score (nSPS) is 15.2. The minimum atomic E-state index is -0.505. The zero-order chi connectivity index (χ0) is 15.4. The fourth-order valence-corrected chi connectivity index (χ4v) is 1.84. The zero-order valence-electron chi connectivity index (χ0n) is 11.1. The van der Waals surface area contributed by atoms with Gasteiger partial charge in [0.25, 0.3) is 11.8 Å². The van der Waals surface area contributed by atoms with Crippen LogP contribution in [0.4, 0.5) is 15.8 Å². The lowest BCUT2D eigenvalue weighted by atomic mass is 10.2. The molecule has 1 heterocycles. The van der Waals surface area contributed by atoms with E-state index in [4.69, 9.17) is 10.5 Å². The predicted molar refractivity (Wildman–Crippen MR) is 71.6 cm³/mol. The lowest BCUT2D eigenvalue weighted by Crippen LogP contribution is -2.47. The van der Waals surface area contributed by atoms with Crippen LogP contribution in [0.2, 0.25) is 0 Å². The van der Waals surface area contributed by atoms with Gasteiger partial charge in [0.05, 0.1) is 11.4 Å². The number of benzene rings is 1. The number of amides is 3. The predicted octanol–water partition coefficient (Wildman–Crippen LogP) is 0.122. The molecule has 21 heavy (non-hydrogen) atoms. The van der Waals surface area contributed by atoms with Gasteiger partial charge in [-0.15, -0.1) is 0 Å². The molecule has 8 heteroatoms. The van der Waals surface area contributed by atoms with Crippen LogP contribution in [0.15, 0.2) is 18.2 Å². The molecule has 1 aliphatic heterocycles. The summed E-state index contributed by atoms with van der Waals surface area (Å²) in [5.41, 5.74) is 5.94. The SMILES string of the molecule is Nc1cc(F)ccc1NC(=O)CCN1C(=O)COCC1=O. The van der Waals surface area contributed by atoms with Crippen molar-refractivity contribution in [3.63, 3.8) is 0 Å². The van der Waals surface area contributed by atoms with Crippen LogP contribution in [0.25, 0.3) is 0 Å². The molecule has 0 aromatic heterocycles. The third-order valence-corrected chi connectivity index (χ3v) is 2.90. The van der Waals surface area contributed by atoms with E-state index in [9.17, 15) is 18.8 Å². The van der Waals surface area contributed by atoms with Gasteiger partial charge in [0.1, 0.15) is 19.0 Å². The van der Waals surface area contributed by atoms with Crippen molar-refractivity contribution in [3.05, 3.63) is 24.0 Å². The maximum atomic E-state index is 12.9. The van der Waals surface area contributed by atoms with Crippen molar-refractivity contribution >= 4 is 29.1 Å². The van der Waals surface area contributed by atoms with E-state index in [-0.39, 0.29) is 37.6 Å². The molecule has 0 aliphatic carbocycles. The highest BCUT2D eigenvalue weighted by Crippen LogP contribution is 2.19. The molecule has 0 radical (unpaired) electrons. The second-order valence-corrected chi connectivity index (χ2v) is 4.46. The number of carbonyl (C=O) groups is 3. The fraction of sp³-hybridized carbons (Fsp3) is 0.308. The number of hydrogen-bond acceptors (Lipinski definition) is 5. The molecule has 1 aliphatic rings. The number of imide groups is 1. The molecule has 112 valence electrons. The molecule has 7 nitrogen and oxygen atoms in total. The van der Waals surface area contributed by atoms with Crippen LogP contribution in [0.1, 0.15) is 6.42 Å². The van der Waals surface area contributed by atoms with Crippen molar-refractivity contribution in [2.75, 3.05) is 30.8 Å². The third-order valence-electron chi connectivity index (χ3n) is 2.90. The Morgan fingerprint density at radius 1 is 1.33 bits per heavy atom. The molecular formula is C13H14FN3O4. The summed E-state index contributed by atoms with van der Waals surface area (Å²) in [5, 5.41) is 2.50. The summed E-state index contributed by atoms with van der Waals surface area (Å²) in [7, 11) is 0. The molecule has 1 saturated heterocycles. The largest absolute Gasteiger partial charge is 0.397 e. The number of nitrogens with zero attached hydrogens (tertiary/aromatic N) is 1. The van der Waals surface area contributed by atoms with Crippen LogP contribution < -0.4 is 11.1 Å². The number of hydrogen-bond donors (Lipinski definition) is 2. The van der Waals surface area contributed by atoms with Gasteiger partial charge in [-0.3, -0.25) is 19.3 Å². The number of morpholine rings is 1. The van der Waals surface area contributed by atoms with Crippen LogP contribution in [0, 0.1) is 5.82 Å². The molecule has 3 N–H and O–H groups in total. The van der Waals surface area contributed by atoms with Gasteiger partial charge < -0.3 is 15.8 Å². The van der Waals surface area contributed by atoms with E-state index in [1.807, 2.05) is 0 Å². The quantitative estimate of drug-likeness (QED) is 0.607. The maximum absolute atomic E-state index is 12.9. The summed E-state index contributed by atoms with van der Waals surface area (Å²) in [5.74, 6) is -1.88. The Morgan fingerprint density at radius 3 is 2.62 bits per heavy atom. The Bertz CT molecular complexity index is 575.